The first-order valence-corrected chi connectivity index (χ1v) is 6.88. The van der Waals surface area contributed by atoms with Crippen LogP contribution in [-0.4, -0.2) is 11.9 Å². The Hall–Kier alpha value is -2.88. The van der Waals surface area contributed by atoms with E-state index in [0.717, 1.165) is 11.1 Å². The standard InChI is InChI=1S/C18H17NO3/c1-13(20)19-18-12-17(22-14(2)21)11-10-16(18)9-8-15-6-4-3-5-7-15/h3-12H,1-2H3,(H,19,20)/b9-8+. The predicted octanol–water partition coefficient (Wildman–Crippen LogP) is 3.74. The van der Waals surface area contributed by atoms with E-state index in [1.165, 1.54) is 13.8 Å². The van der Waals surface area contributed by atoms with Gasteiger partial charge in [-0.2, -0.15) is 0 Å². The molecule has 0 saturated heterocycles. The molecule has 4 nitrogen and oxygen atoms in total. The van der Waals surface area contributed by atoms with E-state index in [1.54, 1.807) is 18.2 Å². The normalized spacial score (nSPS) is 10.5. The summed E-state index contributed by atoms with van der Waals surface area (Å²) in [6.07, 6.45) is 3.85. The molecule has 4 heteroatoms. The highest BCUT2D eigenvalue weighted by Gasteiger charge is 2.06. The van der Waals surface area contributed by atoms with Gasteiger partial charge < -0.3 is 10.1 Å². The summed E-state index contributed by atoms with van der Waals surface area (Å²) in [5.41, 5.74) is 2.48. The quantitative estimate of drug-likeness (QED) is 0.531. The van der Waals surface area contributed by atoms with Gasteiger partial charge in [-0.1, -0.05) is 42.5 Å². The molecule has 2 aromatic rings. The van der Waals surface area contributed by atoms with E-state index in [0.29, 0.717) is 11.4 Å². The van der Waals surface area contributed by atoms with Gasteiger partial charge in [0.25, 0.3) is 0 Å². The molecule has 0 aliphatic rings. The van der Waals surface area contributed by atoms with Gasteiger partial charge >= 0.3 is 5.97 Å². The average Bonchev–Trinajstić information content (AvgIpc) is 2.46. The van der Waals surface area contributed by atoms with Crippen molar-refractivity contribution in [2.45, 2.75) is 13.8 Å². The number of ether oxygens (including phenoxy) is 1. The molecule has 22 heavy (non-hydrogen) atoms. The molecule has 0 unspecified atom stereocenters. The second-order valence-electron chi connectivity index (χ2n) is 4.77. The zero-order valence-corrected chi connectivity index (χ0v) is 12.5. The number of hydrogen-bond donors (Lipinski definition) is 1. The van der Waals surface area contributed by atoms with Gasteiger partial charge in [-0.15, -0.1) is 0 Å². The van der Waals surface area contributed by atoms with Gasteiger partial charge in [0.1, 0.15) is 5.75 Å². The first-order chi connectivity index (χ1) is 10.5. The van der Waals surface area contributed by atoms with Crippen molar-refractivity contribution in [3.63, 3.8) is 0 Å². The van der Waals surface area contributed by atoms with Gasteiger partial charge in [0, 0.05) is 19.9 Å². The zero-order valence-electron chi connectivity index (χ0n) is 12.5. The summed E-state index contributed by atoms with van der Waals surface area (Å²) >= 11 is 0. The lowest BCUT2D eigenvalue weighted by molar-refractivity contribution is -0.131. The van der Waals surface area contributed by atoms with Crippen molar-refractivity contribution in [2.75, 3.05) is 5.32 Å². The number of hydrogen-bond acceptors (Lipinski definition) is 3. The Morgan fingerprint density at radius 2 is 1.73 bits per heavy atom. The molecule has 0 spiro atoms. The van der Waals surface area contributed by atoms with Crippen molar-refractivity contribution in [1.29, 1.82) is 0 Å². The summed E-state index contributed by atoms with van der Waals surface area (Å²) in [5.74, 6) is -0.191. The fourth-order valence-electron chi connectivity index (χ4n) is 1.96. The smallest absolute Gasteiger partial charge is 0.308 e. The van der Waals surface area contributed by atoms with E-state index in [1.807, 2.05) is 42.5 Å². The van der Waals surface area contributed by atoms with E-state index < -0.39 is 5.97 Å². The van der Waals surface area contributed by atoms with Crippen molar-refractivity contribution in [2.24, 2.45) is 0 Å². The molecular formula is C18H17NO3. The molecule has 0 radical (unpaired) electrons. The van der Waals surface area contributed by atoms with E-state index in [9.17, 15) is 9.59 Å². The van der Waals surface area contributed by atoms with Crippen molar-refractivity contribution >= 4 is 29.7 Å². The maximum atomic E-state index is 11.3. The largest absolute Gasteiger partial charge is 0.427 e. The van der Waals surface area contributed by atoms with Crippen molar-refractivity contribution < 1.29 is 14.3 Å². The van der Waals surface area contributed by atoms with Crippen LogP contribution in [0.1, 0.15) is 25.0 Å². The zero-order chi connectivity index (χ0) is 15.9. The van der Waals surface area contributed by atoms with Gasteiger partial charge in [0.05, 0.1) is 5.69 Å². The highest BCUT2D eigenvalue weighted by Crippen LogP contribution is 2.25. The summed E-state index contributed by atoms with van der Waals surface area (Å²) in [7, 11) is 0. The summed E-state index contributed by atoms with van der Waals surface area (Å²) in [5, 5.41) is 2.74. The third-order valence-electron chi connectivity index (χ3n) is 2.85. The molecule has 1 N–H and O–H groups in total. The van der Waals surface area contributed by atoms with Crippen LogP contribution in [0.15, 0.2) is 48.5 Å². The number of rotatable bonds is 4. The third kappa shape index (κ3) is 4.59. The Balaban J connectivity index is 2.30. The molecule has 112 valence electrons. The van der Waals surface area contributed by atoms with Gasteiger partial charge in [0.2, 0.25) is 5.91 Å². The van der Waals surface area contributed by atoms with Gasteiger partial charge in [-0.25, -0.2) is 0 Å². The summed E-state index contributed by atoms with van der Waals surface area (Å²) < 4.78 is 5.04. The van der Waals surface area contributed by atoms with E-state index >= 15 is 0 Å². The second kappa shape index (κ2) is 7.22. The molecule has 0 atom stereocenters. The van der Waals surface area contributed by atoms with Crippen molar-refractivity contribution in [3.8, 4) is 5.75 Å². The first kappa shape index (κ1) is 15.5. The topological polar surface area (TPSA) is 55.4 Å². The molecule has 0 aliphatic heterocycles. The van der Waals surface area contributed by atoms with Crippen LogP contribution in [-0.2, 0) is 9.59 Å². The van der Waals surface area contributed by atoms with Crippen LogP contribution < -0.4 is 10.1 Å². The molecule has 0 aromatic heterocycles. The Labute approximate surface area is 129 Å². The van der Waals surface area contributed by atoms with Crippen LogP contribution in [0.2, 0.25) is 0 Å². The maximum Gasteiger partial charge on any atom is 0.308 e. The van der Waals surface area contributed by atoms with E-state index in [2.05, 4.69) is 5.32 Å². The van der Waals surface area contributed by atoms with Crippen LogP contribution in [0, 0.1) is 0 Å². The van der Waals surface area contributed by atoms with Crippen LogP contribution >= 0.6 is 0 Å². The molecular weight excluding hydrogens is 278 g/mol. The van der Waals surface area contributed by atoms with Crippen LogP contribution in [0.25, 0.3) is 12.2 Å². The predicted molar refractivity (Wildman–Crippen MR) is 87.4 cm³/mol. The minimum atomic E-state index is -0.402. The van der Waals surface area contributed by atoms with Gasteiger partial charge in [-0.3, -0.25) is 9.59 Å². The minimum absolute atomic E-state index is 0.186. The lowest BCUT2D eigenvalue weighted by Gasteiger charge is -2.09. The fourth-order valence-corrected chi connectivity index (χ4v) is 1.96. The highest BCUT2D eigenvalue weighted by molar-refractivity contribution is 5.92. The lowest BCUT2D eigenvalue weighted by Crippen LogP contribution is -2.08. The fraction of sp³-hybridized carbons (Fsp3) is 0.111. The maximum absolute atomic E-state index is 11.3. The Morgan fingerprint density at radius 1 is 1.00 bits per heavy atom. The third-order valence-corrected chi connectivity index (χ3v) is 2.85. The Morgan fingerprint density at radius 3 is 2.36 bits per heavy atom. The SMILES string of the molecule is CC(=O)Nc1cc(OC(C)=O)ccc1/C=C/c1ccccc1. The first-order valence-electron chi connectivity index (χ1n) is 6.88. The number of nitrogens with one attached hydrogen (secondary N) is 1. The average molecular weight is 295 g/mol. The second-order valence-corrected chi connectivity index (χ2v) is 4.77. The molecule has 0 saturated carbocycles. The molecule has 1 amide bonds. The number of anilines is 1. The molecule has 0 bridgehead atoms. The van der Waals surface area contributed by atoms with E-state index in [-0.39, 0.29) is 5.91 Å². The van der Waals surface area contributed by atoms with Gasteiger partial charge in [0.15, 0.2) is 0 Å². The molecule has 2 rings (SSSR count). The number of benzene rings is 2. The number of esters is 1. The number of carbonyl (C=O) groups excluding carboxylic acids is 2. The molecule has 0 heterocycles. The van der Waals surface area contributed by atoms with Gasteiger partial charge in [-0.05, 0) is 23.3 Å². The summed E-state index contributed by atoms with van der Waals surface area (Å²) in [6, 6.07) is 15.0. The summed E-state index contributed by atoms with van der Waals surface area (Å²) in [6.45, 7) is 2.77. The minimum Gasteiger partial charge on any atom is -0.427 e. The Bertz CT molecular complexity index is 706. The Kier molecular flexibility index (Phi) is 5.09. The van der Waals surface area contributed by atoms with Crippen molar-refractivity contribution in [1.82, 2.24) is 0 Å². The number of carbonyl (C=O) groups is 2. The van der Waals surface area contributed by atoms with Crippen LogP contribution in [0.3, 0.4) is 0 Å². The van der Waals surface area contributed by atoms with Crippen LogP contribution in [0.4, 0.5) is 5.69 Å². The lowest BCUT2D eigenvalue weighted by atomic mass is 10.1. The van der Waals surface area contributed by atoms with Crippen molar-refractivity contribution in [3.05, 3.63) is 59.7 Å². The highest BCUT2D eigenvalue weighted by atomic mass is 16.5. The van der Waals surface area contributed by atoms with E-state index in [4.69, 9.17) is 4.74 Å². The molecule has 0 fully saturated rings. The monoisotopic (exact) mass is 295 g/mol. The number of amides is 1. The molecule has 2 aromatic carbocycles. The molecule has 0 aliphatic carbocycles. The van der Waals surface area contributed by atoms with Crippen LogP contribution in [0.5, 0.6) is 5.75 Å². The summed E-state index contributed by atoms with van der Waals surface area (Å²) in [4.78, 5) is 22.3.